The summed E-state index contributed by atoms with van der Waals surface area (Å²) >= 11 is 0. The van der Waals surface area contributed by atoms with Crippen LogP contribution in [-0.4, -0.2) is 21.5 Å². The molecule has 0 unspecified atom stereocenters. The number of ether oxygens (including phenoxy) is 1. The number of hydrogen-bond donors (Lipinski definition) is 0. The van der Waals surface area contributed by atoms with Crippen molar-refractivity contribution in [3.05, 3.63) is 0 Å². The van der Waals surface area contributed by atoms with Gasteiger partial charge in [0.2, 0.25) is 0 Å². The number of hydrogen-bond acceptors (Lipinski definition) is 2. The summed E-state index contributed by atoms with van der Waals surface area (Å²) in [5.41, 5.74) is 0. The number of esters is 1. The second-order valence-electron chi connectivity index (χ2n) is 2.47. The first-order valence-corrected chi connectivity index (χ1v) is 5.80. The van der Waals surface area contributed by atoms with Crippen molar-refractivity contribution in [3.63, 3.8) is 0 Å². The van der Waals surface area contributed by atoms with E-state index >= 15 is 0 Å². The first-order valence-electron chi connectivity index (χ1n) is 2.71. The van der Waals surface area contributed by atoms with Crippen molar-refractivity contribution in [2.45, 2.75) is 19.1 Å². The third-order valence-electron chi connectivity index (χ3n) is 0.792. The Morgan fingerprint density at radius 3 is 2.22 bits per heavy atom. The Balaban J connectivity index is 3.60. The lowest BCUT2D eigenvalue weighted by Crippen LogP contribution is -2.23. The average Bonchev–Trinajstić information content (AvgIpc) is 1.62. The summed E-state index contributed by atoms with van der Waals surface area (Å²) in [5.74, 6) is -0.450. The maximum atomic E-state index is 12.7. The fourth-order valence-electron chi connectivity index (χ4n) is 0.415. The zero-order valence-corrected chi connectivity index (χ0v) is 6.90. The first-order chi connectivity index (χ1) is 3.95. The summed E-state index contributed by atoms with van der Waals surface area (Å²) in [7, 11) is -1.45. The molecule has 54 valence electrons. The minimum Gasteiger partial charge on any atom is -0.469 e. The van der Waals surface area contributed by atoms with Crippen LogP contribution in [0.3, 0.4) is 0 Å². The third-order valence-corrected chi connectivity index (χ3v) is 1.92. The topological polar surface area (TPSA) is 26.3 Å². The molecule has 0 rings (SSSR count). The molecule has 0 atom stereocenters. The lowest BCUT2D eigenvalue weighted by Gasteiger charge is -2.07. The summed E-state index contributed by atoms with van der Waals surface area (Å²) in [6, 6.07) is -0.0382. The number of rotatable bonds is 2. The van der Waals surface area contributed by atoms with Crippen LogP contribution in [0.5, 0.6) is 0 Å². The molecule has 0 aromatic heterocycles. The van der Waals surface area contributed by atoms with E-state index in [1.54, 1.807) is 0 Å². The summed E-state index contributed by atoms with van der Waals surface area (Å²) < 4.78 is 16.9. The van der Waals surface area contributed by atoms with E-state index in [-0.39, 0.29) is 6.04 Å². The molecule has 0 aliphatic heterocycles. The normalized spacial score (nSPS) is 11.1. The quantitative estimate of drug-likeness (QED) is 0.337. The van der Waals surface area contributed by atoms with Crippen molar-refractivity contribution < 1.29 is 13.6 Å². The highest BCUT2D eigenvalue weighted by Gasteiger charge is 2.24. The van der Waals surface area contributed by atoms with E-state index in [9.17, 15) is 8.90 Å². The maximum absolute atomic E-state index is 12.7. The van der Waals surface area contributed by atoms with Gasteiger partial charge in [0.15, 0.2) is 0 Å². The van der Waals surface area contributed by atoms with E-state index in [0.717, 1.165) is 0 Å². The first kappa shape index (κ1) is 8.62. The molecule has 0 fully saturated rings. The van der Waals surface area contributed by atoms with Crippen molar-refractivity contribution in [2.75, 3.05) is 7.11 Å². The van der Waals surface area contributed by atoms with Crippen molar-refractivity contribution in [1.82, 2.24) is 0 Å². The average molecular weight is 150 g/mol. The standard InChI is InChI=1S/C5H11FO2Si/c1-8-5(7)4-9(2,3)6/h4H2,1-3H3. The van der Waals surface area contributed by atoms with E-state index in [2.05, 4.69) is 4.74 Å². The van der Waals surface area contributed by atoms with Crippen molar-refractivity contribution in [1.29, 1.82) is 0 Å². The van der Waals surface area contributed by atoms with Crippen LogP contribution >= 0.6 is 0 Å². The Hall–Kier alpha value is -0.383. The van der Waals surface area contributed by atoms with Gasteiger partial charge >= 0.3 is 5.97 Å². The van der Waals surface area contributed by atoms with Gasteiger partial charge in [-0.3, -0.25) is 4.79 Å². The van der Waals surface area contributed by atoms with Crippen LogP contribution in [0.15, 0.2) is 0 Å². The molecular formula is C5H11FO2Si. The van der Waals surface area contributed by atoms with Crippen LogP contribution in [0.1, 0.15) is 0 Å². The molecule has 4 heteroatoms. The Labute approximate surface area is 55.2 Å². The second-order valence-corrected chi connectivity index (χ2v) is 6.26. The van der Waals surface area contributed by atoms with Gasteiger partial charge in [-0.1, -0.05) is 0 Å². The fourth-order valence-corrected chi connectivity index (χ4v) is 1.25. The summed E-state index contributed by atoms with van der Waals surface area (Å²) in [5, 5.41) is 0. The Kier molecular flexibility index (Phi) is 2.83. The molecule has 0 spiro atoms. The maximum Gasteiger partial charge on any atom is 0.305 e. The predicted molar refractivity (Wildman–Crippen MR) is 35.4 cm³/mol. The van der Waals surface area contributed by atoms with Gasteiger partial charge in [-0.15, -0.1) is 0 Å². The molecule has 2 nitrogen and oxygen atoms in total. The molecule has 0 N–H and O–H groups in total. The van der Waals surface area contributed by atoms with Gasteiger partial charge in [-0.05, 0) is 13.1 Å². The molecule has 0 aliphatic carbocycles. The summed E-state index contributed by atoms with van der Waals surface area (Å²) in [6.07, 6.45) is 0. The number of carbonyl (C=O) groups is 1. The lowest BCUT2D eigenvalue weighted by molar-refractivity contribution is -0.138. The monoisotopic (exact) mass is 150 g/mol. The van der Waals surface area contributed by atoms with Gasteiger partial charge < -0.3 is 8.84 Å². The van der Waals surface area contributed by atoms with Gasteiger partial charge in [0.05, 0.1) is 13.2 Å². The predicted octanol–water partition coefficient (Wildman–Crippen LogP) is 1.33. The van der Waals surface area contributed by atoms with Crippen LogP contribution in [0, 0.1) is 0 Å². The van der Waals surface area contributed by atoms with Crippen LogP contribution in [-0.2, 0) is 9.53 Å². The number of carbonyl (C=O) groups excluding carboxylic acids is 1. The summed E-state index contributed by atoms with van der Waals surface area (Å²) in [6.45, 7) is 2.95. The molecule has 0 saturated carbocycles. The minimum absolute atomic E-state index is 0.0382. The van der Waals surface area contributed by atoms with Crippen LogP contribution in [0.2, 0.25) is 19.1 Å². The zero-order valence-electron chi connectivity index (χ0n) is 5.90. The molecule has 0 saturated heterocycles. The molecule has 0 aromatic rings. The summed E-state index contributed by atoms with van der Waals surface area (Å²) in [4.78, 5) is 10.4. The van der Waals surface area contributed by atoms with E-state index in [4.69, 9.17) is 0 Å². The Bertz CT molecular complexity index is 108. The molecule has 9 heavy (non-hydrogen) atoms. The molecule has 0 aromatic carbocycles. The van der Waals surface area contributed by atoms with Crippen molar-refractivity contribution in [2.24, 2.45) is 0 Å². The van der Waals surface area contributed by atoms with Gasteiger partial charge in [-0.25, -0.2) is 0 Å². The van der Waals surface area contributed by atoms with Gasteiger partial charge in [0.25, 0.3) is 8.41 Å². The highest BCUT2D eigenvalue weighted by atomic mass is 28.4. The minimum atomic E-state index is -2.72. The number of methoxy groups -OCH3 is 1. The SMILES string of the molecule is COC(=O)C[Si](C)(C)F. The molecule has 0 aliphatic rings. The van der Waals surface area contributed by atoms with Crippen LogP contribution in [0.25, 0.3) is 0 Å². The Morgan fingerprint density at radius 1 is 1.67 bits per heavy atom. The fraction of sp³-hybridized carbons (Fsp3) is 0.800. The number of halogens is 1. The largest absolute Gasteiger partial charge is 0.469 e. The van der Waals surface area contributed by atoms with E-state index in [1.165, 1.54) is 20.2 Å². The zero-order chi connectivity index (χ0) is 7.49. The third kappa shape index (κ3) is 5.49. The highest BCUT2D eigenvalue weighted by Crippen LogP contribution is 2.10. The van der Waals surface area contributed by atoms with Gasteiger partial charge in [-0.2, -0.15) is 0 Å². The van der Waals surface area contributed by atoms with Gasteiger partial charge in [0, 0.05) is 0 Å². The van der Waals surface area contributed by atoms with Crippen LogP contribution < -0.4 is 0 Å². The molecular weight excluding hydrogens is 139 g/mol. The van der Waals surface area contributed by atoms with E-state index < -0.39 is 14.4 Å². The van der Waals surface area contributed by atoms with Crippen LogP contribution in [0.4, 0.5) is 4.11 Å². The van der Waals surface area contributed by atoms with Crippen molar-refractivity contribution >= 4 is 14.4 Å². The second kappa shape index (κ2) is 2.96. The van der Waals surface area contributed by atoms with Crippen molar-refractivity contribution in [3.8, 4) is 0 Å². The molecule has 0 amide bonds. The Morgan fingerprint density at radius 2 is 2.11 bits per heavy atom. The molecule has 0 heterocycles. The highest BCUT2D eigenvalue weighted by molar-refractivity contribution is 6.73. The van der Waals surface area contributed by atoms with Gasteiger partial charge in [0.1, 0.15) is 0 Å². The molecule has 0 bridgehead atoms. The van der Waals surface area contributed by atoms with E-state index in [0.29, 0.717) is 0 Å². The molecule has 0 radical (unpaired) electrons. The lowest BCUT2D eigenvalue weighted by atomic mass is 10.8. The van der Waals surface area contributed by atoms with E-state index in [1.807, 2.05) is 0 Å². The smallest absolute Gasteiger partial charge is 0.305 e.